The van der Waals surface area contributed by atoms with Crippen LogP contribution in [0.3, 0.4) is 0 Å². The monoisotopic (exact) mass is 154 g/mol. The fourth-order valence-electron chi connectivity index (χ4n) is 0.784. The molecule has 60 valence electrons. The van der Waals surface area contributed by atoms with Crippen molar-refractivity contribution >= 4 is 0 Å². The van der Waals surface area contributed by atoms with Crippen LogP contribution >= 0.6 is 0 Å². The van der Waals surface area contributed by atoms with Crippen molar-refractivity contribution in [2.45, 2.75) is 12.5 Å². The van der Waals surface area contributed by atoms with Gasteiger partial charge in [0.1, 0.15) is 0 Å². The van der Waals surface area contributed by atoms with Crippen LogP contribution < -0.4 is 11.4 Å². The second kappa shape index (κ2) is 3.21. The summed E-state index contributed by atoms with van der Waals surface area (Å²) in [5.41, 5.74) is 5.82. The summed E-state index contributed by atoms with van der Waals surface area (Å²) in [5.74, 6) is 0. The van der Waals surface area contributed by atoms with Crippen LogP contribution in [0.5, 0.6) is 0 Å². The van der Waals surface area contributed by atoms with Crippen molar-refractivity contribution in [2.75, 3.05) is 0 Å². The molecule has 0 saturated heterocycles. The van der Waals surface area contributed by atoms with E-state index in [1.54, 1.807) is 6.08 Å². The maximum absolute atomic E-state index is 10.5. The number of nitrogens with two attached hydrogens (primary N) is 1. The largest absolute Gasteiger partial charge is 0.357 e. The summed E-state index contributed by atoms with van der Waals surface area (Å²) in [6, 6.07) is 1.12. The quantitative estimate of drug-likeness (QED) is 0.624. The molecule has 0 aliphatic carbocycles. The average molecular weight is 154 g/mol. The van der Waals surface area contributed by atoms with Crippen LogP contribution in [0.1, 0.15) is 18.2 Å². The highest BCUT2D eigenvalue weighted by Gasteiger charge is 2.06. The smallest absolute Gasteiger partial charge is 0.339 e. The Morgan fingerprint density at radius 1 is 1.91 bits per heavy atom. The van der Waals surface area contributed by atoms with Crippen LogP contribution in [0.15, 0.2) is 28.0 Å². The van der Waals surface area contributed by atoms with Gasteiger partial charge in [0.2, 0.25) is 0 Å². The van der Waals surface area contributed by atoms with E-state index in [1.165, 1.54) is 6.07 Å². The first kappa shape index (κ1) is 7.81. The van der Waals surface area contributed by atoms with Crippen molar-refractivity contribution in [1.82, 2.24) is 5.16 Å². The maximum Gasteiger partial charge on any atom is 0.357 e. The molecule has 0 radical (unpaired) electrons. The Bertz CT molecular complexity index is 287. The first-order valence-electron chi connectivity index (χ1n) is 3.29. The Balaban J connectivity index is 2.75. The van der Waals surface area contributed by atoms with E-state index in [0.717, 1.165) is 0 Å². The molecule has 3 N–H and O–H groups in total. The van der Waals surface area contributed by atoms with Crippen molar-refractivity contribution in [2.24, 2.45) is 5.73 Å². The summed E-state index contributed by atoms with van der Waals surface area (Å²) in [6.45, 7) is 3.53. The lowest BCUT2D eigenvalue weighted by atomic mass is 10.1. The van der Waals surface area contributed by atoms with Crippen LogP contribution in [0.2, 0.25) is 0 Å². The van der Waals surface area contributed by atoms with Crippen molar-refractivity contribution in [3.8, 4) is 0 Å². The van der Waals surface area contributed by atoms with Gasteiger partial charge in [-0.05, 0) is 6.42 Å². The van der Waals surface area contributed by atoms with E-state index in [9.17, 15) is 4.79 Å². The number of nitrogens with one attached hydrogen (secondary N) is 1. The summed E-state index contributed by atoms with van der Waals surface area (Å²) in [5, 5.41) is 2.43. The molecule has 1 aromatic heterocycles. The van der Waals surface area contributed by atoms with E-state index in [4.69, 9.17) is 5.73 Å². The highest BCUT2D eigenvalue weighted by Crippen LogP contribution is 2.08. The molecule has 1 heterocycles. The Kier molecular flexibility index (Phi) is 2.28. The fraction of sp³-hybridized carbons (Fsp3) is 0.286. The number of rotatable bonds is 3. The first-order chi connectivity index (χ1) is 5.24. The molecule has 0 aromatic carbocycles. The zero-order chi connectivity index (χ0) is 8.27. The number of H-pyrrole nitrogens is 1. The van der Waals surface area contributed by atoms with Crippen molar-refractivity contribution in [3.63, 3.8) is 0 Å². The van der Waals surface area contributed by atoms with Gasteiger partial charge in [-0.3, -0.25) is 0 Å². The minimum atomic E-state index is -0.403. The lowest BCUT2D eigenvalue weighted by Crippen LogP contribution is -2.09. The standard InChI is InChI=1S/C7H10N2O2/c1-2-3-5(8)6-4-7(10)11-9-6/h2,4-5,9H,1,3,8H2. The molecule has 0 saturated carbocycles. The zero-order valence-corrected chi connectivity index (χ0v) is 6.04. The van der Waals surface area contributed by atoms with Crippen LogP contribution in [0.4, 0.5) is 0 Å². The normalized spacial score (nSPS) is 12.8. The second-order valence-electron chi connectivity index (χ2n) is 2.25. The summed E-state index contributed by atoms with van der Waals surface area (Å²) < 4.78 is 4.44. The molecule has 0 aliphatic heterocycles. The third-order valence-corrected chi connectivity index (χ3v) is 1.36. The summed E-state index contributed by atoms with van der Waals surface area (Å²) in [7, 11) is 0. The van der Waals surface area contributed by atoms with Crippen LogP contribution in [0.25, 0.3) is 0 Å². The molecular weight excluding hydrogens is 144 g/mol. The molecule has 0 amide bonds. The molecule has 1 unspecified atom stereocenters. The highest BCUT2D eigenvalue weighted by atomic mass is 16.5. The minimum absolute atomic E-state index is 0.223. The molecule has 4 nitrogen and oxygen atoms in total. The van der Waals surface area contributed by atoms with Gasteiger partial charge in [0, 0.05) is 6.07 Å². The number of aromatic amines is 1. The SMILES string of the molecule is C=CCC(N)c1cc(=O)o[nH]1. The summed E-state index contributed by atoms with van der Waals surface area (Å²) in [6.07, 6.45) is 2.31. The summed E-state index contributed by atoms with van der Waals surface area (Å²) in [4.78, 5) is 10.5. The van der Waals surface area contributed by atoms with E-state index in [2.05, 4.69) is 16.3 Å². The van der Waals surface area contributed by atoms with Crippen molar-refractivity contribution in [3.05, 3.63) is 34.8 Å². The molecule has 1 atom stereocenters. The van der Waals surface area contributed by atoms with Gasteiger partial charge in [-0.15, -0.1) is 6.58 Å². The van der Waals surface area contributed by atoms with Crippen molar-refractivity contribution in [1.29, 1.82) is 0 Å². The van der Waals surface area contributed by atoms with E-state index in [0.29, 0.717) is 12.1 Å². The molecular formula is C7H10N2O2. The molecule has 0 bridgehead atoms. The lowest BCUT2D eigenvalue weighted by molar-refractivity contribution is 0.380. The predicted molar refractivity (Wildman–Crippen MR) is 41.1 cm³/mol. The topological polar surface area (TPSA) is 72.0 Å². The number of aromatic nitrogens is 1. The average Bonchev–Trinajstić information content (AvgIpc) is 2.36. The highest BCUT2D eigenvalue weighted by molar-refractivity contribution is 5.03. The summed E-state index contributed by atoms with van der Waals surface area (Å²) >= 11 is 0. The van der Waals surface area contributed by atoms with Crippen molar-refractivity contribution < 1.29 is 4.52 Å². The second-order valence-corrected chi connectivity index (χ2v) is 2.25. The third-order valence-electron chi connectivity index (χ3n) is 1.36. The minimum Gasteiger partial charge on any atom is -0.339 e. The van der Waals surface area contributed by atoms with E-state index in [1.807, 2.05) is 0 Å². The number of hydrogen-bond acceptors (Lipinski definition) is 3. The Morgan fingerprint density at radius 2 is 2.64 bits per heavy atom. The van der Waals surface area contributed by atoms with Crippen LogP contribution in [-0.2, 0) is 0 Å². The molecule has 1 aromatic rings. The van der Waals surface area contributed by atoms with E-state index < -0.39 is 5.63 Å². The predicted octanol–water partition coefficient (Wildman–Crippen LogP) is 0.544. The van der Waals surface area contributed by atoms with E-state index >= 15 is 0 Å². The van der Waals surface area contributed by atoms with Gasteiger partial charge in [-0.25, -0.2) is 9.95 Å². The Labute approximate surface area is 63.7 Å². The van der Waals surface area contributed by atoms with E-state index in [-0.39, 0.29) is 6.04 Å². The lowest BCUT2D eigenvalue weighted by Gasteiger charge is -2.02. The number of hydrogen-bond donors (Lipinski definition) is 2. The molecule has 1 rings (SSSR count). The first-order valence-corrected chi connectivity index (χ1v) is 3.29. The molecule has 11 heavy (non-hydrogen) atoms. The zero-order valence-electron chi connectivity index (χ0n) is 6.04. The Morgan fingerprint density at radius 3 is 3.09 bits per heavy atom. The fourth-order valence-corrected chi connectivity index (χ4v) is 0.784. The third kappa shape index (κ3) is 1.81. The maximum atomic E-state index is 10.5. The van der Waals surface area contributed by atoms with Gasteiger partial charge in [-0.2, -0.15) is 0 Å². The van der Waals surface area contributed by atoms with Crippen LogP contribution in [0, 0.1) is 0 Å². The Hall–Kier alpha value is -1.29. The van der Waals surface area contributed by atoms with Gasteiger partial charge in [0.25, 0.3) is 0 Å². The molecule has 4 heteroatoms. The molecule has 0 spiro atoms. The van der Waals surface area contributed by atoms with Gasteiger partial charge < -0.3 is 10.3 Å². The van der Waals surface area contributed by atoms with Gasteiger partial charge in [-0.1, -0.05) is 6.08 Å². The molecule has 0 aliphatic rings. The van der Waals surface area contributed by atoms with Gasteiger partial charge >= 0.3 is 5.63 Å². The van der Waals surface area contributed by atoms with Gasteiger partial charge in [0.15, 0.2) is 0 Å². The van der Waals surface area contributed by atoms with Crippen LogP contribution in [-0.4, -0.2) is 5.16 Å². The molecule has 0 fully saturated rings. The van der Waals surface area contributed by atoms with Gasteiger partial charge in [0.05, 0.1) is 11.7 Å².